The molecule has 0 heterocycles. The van der Waals surface area contributed by atoms with Crippen molar-refractivity contribution in [3.63, 3.8) is 0 Å². The number of benzene rings is 1. The van der Waals surface area contributed by atoms with Gasteiger partial charge in [-0.15, -0.1) is 0 Å². The van der Waals surface area contributed by atoms with Crippen LogP contribution in [0.1, 0.15) is 19.8 Å². The minimum Gasteiger partial charge on any atom is -0.348 e. The zero-order valence-corrected chi connectivity index (χ0v) is 13.0. The van der Waals surface area contributed by atoms with Gasteiger partial charge in [-0.1, -0.05) is 23.7 Å². The summed E-state index contributed by atoms with van der Waals surface area (Å²) in [5.74, 6) is -0.160. The molecule has 0 aliphatic heterocycles. The van der Waals surface area contributed by atoms with E-state index < -0.39 is 0 Å². The summed E-state index contributed by atoms with van der Waals surface area (Å²) in [4.78, 5) is 24.8. The van der Waals surface area contributed by atoms with Gasteiger partial charge < -0.3 is 15.5 Å². The number of para-hydroxylation sites is 1. The van der Waals surface area contributed by atoms with Gasteiger partial charge in [0.05, 0.1) is 17.8 Å². The molecule has 1 aliphatic rings. The van der Waals surface area contributed by atoms with Gasteiger partial charge in [-0.25, -0.2) is 0 Å². The Labute approximate surface area is 129 Å². The summed E-state index contributed by atoms with van der Waals surface area (Å²) in [5, 5.41) is 6.22. The van der Waals surface area contributed by atoms with Gasteiger partial charge in [0, 0.05) is 6.04 Å². The summed E-state index contributed by atoms with van der Waals surface area (Å²) < 4.78 is 0. The first kappa shape index (κ1) is 15.8. The second-order valence-electron chi connectivity index (χ2n) is 5.56. The van der Waals surface area contributed by atoms with Crippen molar-refractivity contribution in [3.05, 3.63) is 29.3 Å². The Morgan fingerprint density at radius 3 is 2.67 bits per heavy atom. The number of halogens is 1. The summed E-state index contributed by atoms with van der Waals surface area (Å²) in [6.45, 7) is 2.04. The molecule has 21 heavy (non-hydrogen) atoms. The normalized spacial score (nSPS) is 16.9. The van der Waals surface area contributed by atoms with Gasteiger partial charge in [-0.3, -0.25) is 9.59 Å². The van der Waals surface area contributed by atoms with Gasteiger partial charge in [0.2, 0.25) is 0 Å². The predicted octanol–water partition coefficient (Wildman–Crippen LogP) is 0.460. The predicted molar refractivity (Wildman–Crippen MR) is 82.5 cm³/mol. The van der Waals surface area contributed by atoms with Crippen LogP contribution in [0.5, 0.6) is 0 Å². The zero-order chi connectivity index (χ0) is 15.4. The Morgan fingerprint density at radius 2 is 2.05 bits per heavy atom. The van der Waals surface area contributed by atoms with Crippen LogP contribution < -0.4 is 15.5 Å². The van der Waals surface area contributed by atoms with E-state index in [1.807, 2.05) is 20.0 Å². The number of hydrogen-bond donors (Lipinski definition) is 3. The third-order valence-corrected chi connectivity index (χ3v) is 3.97. The molecule has 0 radical (unpaired) electrons. The van der Waals surface area contributed by atoms with E-state index in [1.165, 1.54) is 0 Å². The smallest absolute Gasteiger partial charge is 0.279 e. The standard InChI is InChI=1S/C15H20ClN3O2/c1-10(15(21)17-11-7-8-11)19(2)9-14(20)18-13-6-4-3-5-12(13)16/h3-6,10-11H,7-9H2,1-2H3,(H,17,21)(H,18,20)/p+1/t10-/m0/s1. The van der Waals surface area contributed by atoms with Crippen LogP contribution in [0.2, 0.25) is 5.02 Å². The van der Waals surface area contributed by atoms with Crippen LogP contribution >= 0.6 is 11.6 Å². The zero-order valence-electron chi connectivity index (χ0n) is 12.3. The fraction of sp³-hybridized carbons (Fsp3) is 0.467. The summed E-state index contributed by atoms with van der Waals surface area (Å²) >= 11 is 6.00. The minimum absolute atomic E-state index is 0.000503. The van der Waals surface area contributed by atoms with Crippen molar-refractivity contribution in [2.45, 2.75) is 31.8 Å². The average molecular weight is 311 g/mol. The molecular formula is C15H21ClN3O2+. The third kappa shape index (κ3) is 4.72. The lowest BCUT2D eigenvalue weighted by Crippen LogP contribution is -3.15. The highest BCUT2D eigenvalue weighted by Gasteiger charge is 2.29. The molecule has 1 aromatic carbocycles. The molecule has 5 nitrogen and oxygen atoms in total. The minimum atomic E-state index is -0.261. The molecule has 0 spiro atoms. The maximum absolute atomic E-state index is 12.0. The first-order chi connectivity index (χ1) is 9.97. The van der Waals surface area contributed by atoms with Crippen molar-refractivity contribution in [2.75, 3.05) is 18.9 Å². The highest BCUT2D eigenvalue weighted by Crippen LogP contribution is 2.20. The van der Waals surface area contributed by atoms with E-state index in [1.54, 1.807) is 18.2 Å². The lowest BCUT2D eigenvalue weighted by molar-refractivity contribution is -0.885. The van der Waals surface area contributed by atoms with Crippen LogP contribution in [0, 0.1) is 0 Å². The number of nitrogens with one attached hydrogen (secondary N) is 3. The van der Waals surface area contributed by atoms with E-state index >= 15 is 0 Å². The second kappa shape index (κ2) is 6.91. The molecule has 1 saturated carbocycles. The molecule has 6 heteroatoms. The first-order valence-corrected chi connectivity index (χ1v) is 7.52. The number of quaternary nitrogens is 1. The van der Waals surface area contributed by atoms with Crippen LogP contribution in [-0.2, 0) is 9.59 Å². The van der Waals surface area contributed by atoms with Gasteiger partial charge in [0.15, 0.2) is 12.6 Å². The Morgan fingerprint density at radius 1 is 1.38 bits per heavy atom. The van der Waals surface area contributed by atoms with Crippen LogP contribution in [-0.4, -0.2) is 37.5 Å². The number of carbonyl (C=O) groups excluding carboxylic acids is 2. The van der Waals surface area contributed by atoms with E-state index in [0.717, 1.165) is 17.7 Å². The van der Waals surface area contributed by atoms with Gasteiger partial charge in [0.25, 0.3) is 11.8 Å². The maximum Gasteiger partial charge on any atom is 0.279 e. The fourth-order valence-electron chi connectivity index (χ4n) is 1.94. The molecule has 2 atom stereocenters. The number of likely N-dealkylation sites (N-methyl/N-ethyl adjacent to an activating group) is 1. The van der Waals surface area contributed by atoms with Crippen molar-refractivity contribution in [3.8, 4) is 0 Å². The van der Waals surface area contributed by atoms with E-state index in [9.17, 15) is 9.59 Å². The second-order valence-corrected chi connectivity index (χ2v) is 5.96. The number of anilines is 1. The Bertz CT molecular complexity index is 531. The van der Waals surface area contributed by atoms with Crippen LogP contribution in [0.15, 0.2) is 24.3 Å². The molecule has 3 N–H and O–H groups in total. The fourth-order valence-corrected chi connectivity index (χ4v) is 2.12. The highest BCUT2D eigenvalue weighted by atomic mass is 35.5. The molecule has 1 aliphatic carbocycles. The average Bonchev–Trinajstić information content (AvgIpc) is 3.24. The lowest BCUT2D eigenvalue weighted by Gasteiger charge is -2.20. The van der Waals surface area contributed by atoms with Crippen molar-refractivity contribution >= 4 is 29.1 Å². The summed E-state index contributed by atoms with van der Waals surface area (Å²) in [6.07, 6.45) is 2.12. The summed E-state index contributed by atoms with van der Waals surface area (Å²) in [6, 6.07) is 7.16. The Kier molecular flexibility index (Phi) is 5.20. The molecular weight excluding hydrogens is 290 g/mol. The number of carbonyl (C=O) groups is 2. The Hall–Kier alpha value is -1.59. The number of amides is 2. The van der Waals surface area contributed by atoms with Crippen LogP contribution in [0.25, 0.3) is 0 Å². The molecule has 1 unspecified atom stereocenters. The molecule has 0 aromatic heterocycles. The molecule has 114 valence electrons. The molecule has 1 aromatic rings. The van der Waals surface area contributed by atoms with E-state index in [0.29, 0.717) is 16.8 Å². The lowest BCUT2D eigenvalue weighted by atomic mass is 10.2. The molecule has 2 amide bonds. The topological polar surface area (TPSA) is 62.6 Å². The van der Waals surface area contributed by atoms with Crippen molar-refractivity contribution in [2.24, 2.45) is 0 Å². The SMILES string of the molecule is C[C@@H](C(=O)NC1CC1)[NH+](C)CC(=O)Nc1ccccc1Cl. The van der Waals surface area contributed by atoms with Gasteiger partial charge in [-0.05, 0) is 31.9 Å². The first-order valence-electron chi connectivity index (χ1n) is 7.14. The van der Waals surface area contributed by atoms with Gasteiger partial charge in [-0.2, -0.15) is 0 Å². The number of hydrogen-bond acceptors (Lipinski definition) is 2. The monoisotopic (exact) mass is 310 g/mol. The number of rotatable bonds is 6. The molecule has 1 fully saturated rings. The maximum atomic E-state index is 12.0. The van der Waals surface area contributed by atoms with Gasteiger partial charge >= 0.3 is 0 Å². The summed E-state index contributed by atoms with van der Waals surface area (Å²) in [7, 11) is 1.84. The largest absolute Gasteiger partial charge is 0.348 e. The third-order valence-electron chi connectivity index (χ3n) is 3.64. The summed E-state index contributed by atoms with van der Waals surface area (Å²) in [5.41, 5.74) is 0.590. The van der Waals surface area contributed by atoms with Gasteiger partial charge in [0.1, 0.15) is 0 Å². The Balaban J connectivity index is 1.83. The van der Waals surface area contributed by atoms with Crippen LogP contribution in [0.4, 0.5) is 5.69 Å². The quantitative estimate of drug-likeness (QED) is 0.715. The molecule has 2 rings (SSSR count). The molecule has 0 bridgehead atoms. The molecule has 0 saturated heterocycles. The van der Waals surface area contributed by atoms with Crippen molar-refractivity contribution in [1.82, 2.24) is 5.32 Å². The van der Waals surface area contributed by atoms with Crippen molar-refractivity contribution in [1.29, 1.82) is 0 Å². The van der Waals surface area contributed by atoms with Crippen molar-refractivity contribution < 1.29 is 14.5 Å². The highest BCUT2D eigenvalue weighted by molar-refractivity contribution is 6.33. The van der Waals surface area contributed by atoms with Crippen LogP contribution in [0.3, 0.4) is 0 Å². The van der Waals surface area contributed by atoms with E-state index in [2.05, 4.69) is 10.6 Å². The van der Waals surface area contributed by atoms with E-state index in [-0.39, 0.29) is 24.4 Å². The van der Waals surface area contributed by atoms with E-state index in [4.69, 9.17) is 11.6 Å².